The largest absolute Gasteiger partial charge is 0.508 e. The van der Waals surface area contributed by atoms with E-state index in [1.807, 2.05) is 18.2 Å². The molecule has 2 rings (SSSR count). The third-order valence-corrected chi connectivity index (χ3v) is 5.48. The second-order valence-electron chi connectivity index (χ2n) is 8.53. The molecular formula is C26H36N4O4. The smallest absolute Gasteiger partial charge is 0.240 e. The lowest BCUT2D eigenvalue weighted by Crippen LogP contribution is -2.47. The Morgan fingerprint density at radius 2 is 1.65 bits per heavy atom. The normalized spacial score (nSPS) is 11.7. The van der Waals surface area contributed by atoms with Gasteiger partial charge in [0.2, 0.25) is 17.7 Å². The Balaban J connectivity index is 1.60. The zero-order chi connectivity index (χ0) is 24.8. The van der Waals surface area contributed by atoms with Crippen molar-refractivity contribution in [2.45, 2.75) is 51.1 Å². The molecule has 2 aromatic carbocycles. The van der Waals surface area contributed by atoms with Crippen LogP contribution < -0.4 is 16.4 Å². The molecular weight excluding hydrogens is 432 g/mol. The van der Waals surface area contributed by atoms with Crippen LogP contribution in [0.3, 0.4) is 0 Å². The molecule has 0 aliphatic heterocycles. The highest BCUT2D eigenvalue weighted by atomic mass is 16.3. The summed E-state index contributed by atoms with van der Waals surface area (Å²) in [5, 5.41) is 14.6. The van der Waals surface area contributed by atoms with Crippen molar-refractivity contribution in [3.63, 3.8) is 0 Å². The van der Waals surface area contributed by atoms with Crippen molar-refractivity contribution < 1.29 is 19.5 Å². The number of hydrogen-bond donors (Lipinski definition) is 4. The van der Waals surface area contributed by atoms with Gasteiger partial charge < -0.3 is 26.4 Å². The molecule has 0 aliphatic rings. The van der Waals surface area contributed by atoms with E-state index in [1.54, 1.807) is 24.3 Å². The van der Waals surface area contributed by atoms with Gasteiger partial charge in [0.15, 0.2) is 0 Å². The first kappa shape index (κ1) is 26.9. The molecule has 2 aromatic rings. The van der Waals surface area contributed by atoms with E-state index in [1.165, 1.54) is 5.56 Å². The van der Waals surface area contributed by atoms with Gasteiger partial charge in [-0.1, -0.05) is 48.9 Å². The summed E-state index contributed by atoms with van der Waals surface area (Å²) in [6, 6.07) is 16.0. The third-order valence-electron chi connectivity index (χ3n) is 5.48. The molecule has 8 heteroatoms. The number of amides is 3. The standard InChI is InChI=1S/C26H36N4O4/c1-30(19-21-8-4-2-5-9-21)17-7-3-6-10-24(32)29-23(26(27)34)18-25(33)28-16-15-20-11-13-22(31)14-12-20/h2,4-5,8-9,11-14,23,31H,3,6-7,10,15-19H2,1H3,(H2,27,34)(H,28,33)(H,29,32)/t23-/m1/s1. The van der Waals surface area contributed by atoms with Crippen LogP contribution in [0.2, 0.25) is 0 Å². The average Bonchev–Trinajstić information content (AvgIpc) is 2.80. The molecule has 0 saturated heterocycles. The molecule has 5 N–H and O–H groups in total. The summed E-state index contributed by atoms with van der Waals surface area (Å²) >= 11 is 0. The number of rotatable bonds is 15. The van der Waals surface area contributed by atoms with Crippen LogP contribution in [-0.2, 0) is 27.3 Å². The van der Waals surface area contributed by atoms with E-state index in [0.717, 1.165) is 31.5 Å². The molecule has 0 spiro atoms. The van der Waals surface area contributed by atoms with E-state index in [2.05, 4.69) is 34.7 Å². The number of carbonyl (C=O) groups excluding carboxylic acids is 3. The zero-order valence-electron chi connectivity index (χ0n) is 19.8. The lowest BCUT2D eigenvalue weighted by molar-refractivity contribution is -0.130. The quantitative estimate of drug-likeness (QED) is 0.298. The zero-order valence-corrected chi connectivity index (χ0v) is 19.8. The van der Waals surface area contributed by atoms with E-state index in [9.17, 15) is 19.5 Å². The van der Waals surface area contributed by atoms with Crippen molar-refractivity contribution in [3.8, 4) is 5.75 Å². The second kappa shape index (κ2) is 14.7. The molecule has 0 unspecified atom stereocenters. The maximum atomic E-state index is 12.2. The minimum atomic E-state index is -1.03. The summed E-state index contributed by atoms with van der Waals surface area (Å²) in [5.41, 5.74) is 7.61. The van der Waals surface area contributed by atoms with Gasteiger partial charge in [-0.05, 0) is 56.1 Å². The van der Waals surface area contributed by atoms with Gasteiger partial charge in [0.25, 0.3) is 0 Å². The van der Waals surface area contributed by atoms with Crippen molar-refractivity contribution in [1.82, 2.24) is 15.5 Å². The maximum absolute atomic E-state index is 12.2. The van der Waals surface area contributed by atoms with Crippen LogP contribution in [0.5, 0.6) is 5.75 Å². The van der Waals surface area contributed by atoms with Gasteiger partial charge in [0.05, 0.1) is 6.42 Å². The van der Waals surface area contributed by atoms with Crippen LogP contribution in [0.4, 0.5) is 0 Å². The van der Waals surface area contributed by atoms with E-state index in [0.29, 0.717) is 19.4 Å². The molecule has 0 radical (unpaired) electrons. The van der Waals surface area contributed by atoms with Crippen molar-refractivity contribution in [3.05, 3.63) is 65.7 Å². The van der Waals surface area contributed by atoms with E-state index < -0.39 is 11.9 Å². The summed E-state index contributed by atoms with van der Waals surface area (Å²) < 4.78 is 0. The first-order valence-corrected chi connectivity index (χ1v) is 11.7. The van der Waals surface area contributed by atoms with Gasteiger partial charge in [-0.3, -0.25) is 14.4 Å². The number of carbonyl (C=O) groups is 3. The fourth-order valence-corrected chi connectivity index (χ4v) is 3.57. The molecule has 34 heavy (non-hydrogen) atoms. The number of nitrogens with one attached hydrogen (secondary N) is 2. The van der Waals surface area contributed by atoms with Crippen molar-refractivity contribution in [2.24, 2.45) is 5.73 Å². The number of nitrogens with zero attached hydrogens (tertiary/aromatic N) is 1. The molecule has 3 amide bonds. The monoisotopic (exact) mass is 468 g/mol. The number of hydrogen-bond acceptors (Lipinski definition) is 5. The van der Waals surface area contributed by atoms with Crippen LogP contribution >= 0.6 is 0 Å². The lowest BCUT2D eigenvalue weighted by atomic mass is 10.1. The third kappa shape index (κ3) is 11.0. The Morgan fingerprint density at radius 3 is 2.32 bits per heavy atom. The fourth-order valence-electron chi connectivity index (χ4n) is 3.57. The second-order valence-corrected chi connectivity index (χ2v) is 8.53. The Labute approximate surface area is 201 Å². The van der Waals surface area contributed by atoms with Gasteiger partial charge in [-0.15, -0.1) is 0 Å². The van der Waals surface area contributed by atoms with E-state index in [4.69, 9.17) is 5.73 Å². The molecule has 0 fully saturated rings. The molecule has 0 aliphatic carbocycles. The maximum Gasteiger partial charge on any atom is 0.240 e. The number of benzene rings is 2. The summed E-state index contributed by atoms with van der Waals surface area (Å²) in [4.78, 5) is 38.3. The minimum Gasteiger partial charge on any atom is -0.508 e. The summed E-state index contributed by atoms with van der Waals surface area (Å²) in [6.07, 6.45) is 3.25. The van der Waals surface area contributed by atoms with E-state index in [-0.39, 0.29) is 30.4 Å². The van der Waals surface area contributed by atoms with Crippen LogP contribution in [0.1, 0.15) is 43.2 Å². The number of nitrogens with two attached hydrogens (primary N) is 1. The number of primary amides is 1. The highest BCUT2D eigenvalue weighted by molar-refractivity contribution is 5.91. The fraction of sp³-hybridized carbons (Fsp3) is 0.423. The predicted octanol–water partition coefficient (Wildman–Crippen LogP) is 2.10. The summed E-state index contributed by atoms with van der Waals surface area (Å²) in [7, 11) is 2.08. The van der Waals surface area contributed by atoms with Gasteiger partial charge in [-0.25, -0.2) is 0 Å². The highest BCUT2D eigenvalue weighted by Crippen LogP contribution is 2.10. The molecule has 184 valence electrons. The van der Waals surface area contributed by atoms with Crippen molar-refractivity contribution >= 4 is 17.7 Å². The highest BCUT2D eigenvalue weighted by Gasteiger charge is 2.21. The average molecular weight is 469 g/mol. The molecule has 0 aromatic heterocycles. The molecule has 8 nitrogen and oxygen atoms in total. The van der Waals surface area contributed by atoms with Crippen molar-refractivity contribution in [1.29, 1.82) is 0 Å². The first-order chi connectivity index (χ1) is 16.3. The van der Waals surface area contributed by atoms with Gasteiger partial charge in [0, 0.05) is 19.5 Å². The van der Waals surface area contributed by atoms with Crippen LogP contribution in [0, 0.1) is 0 Å². The van der Waals surface area contributed by atoms with Crippen LogP contribution in [-0.4, -0.2) is 53.9 Å². The summed E-state index contributed by atoms with van der Waals surface area (Å²) in [5.74, 6) is -1.18. The van der Waals surface area contributed by atoms with Gasteiger partial charge >= 0.3 is 0 Å². The molecule has 1 atom stereocenters. The SMILES string of the molecule is CN(CCCCCC(=O)N[C@H](CC(=O)NCCc1ccc(O)cc1)C(N)=O)Cc1ccccc1. The van der Waals surface area contributed by atoms with Gasteiger partial charge in [0.1, 0.15) is 11.8 Å². The lowest BCUT2D eigenvalue weighted by Gasteiger charge is -2.17. The number of aromatic hydroxyl groups is 1. The Kier molecular flexibility index (Phi) is 11.6. The Bertz CT molecular complexity index is 903. The minimum absolute atomic E-state index is 0.184. The molecule has 0 heterocycles. The molecule has 0 bridgehead atoms. The van der Waals surface area contributed by atoms with Gasteiger partial charge in [-0.2, -0.15) is 0 Å². The first-order valence-electron chi connectivity index (χ1n) is 11.7. The Morgan fingerprint density at radius 1 is 0.941 bits per heavy atom. The number of phenols is 1. The number of unbranched alkanes of at least 4 members (excludes halogenated alkanes) is 2. The summed E-state index contributed by atoms with van der Waals surface area (Å²) in [6.45, 7) is 2.20. The molecule has 0 saturated carbocycles. The van der Waals surface area contributed by atoms with Crippen molar-refractivity contribution in [2.75, 3.05) is 20.1 Å². The number of phenolic OH excluding ortho intramolecular Hbond substituents is 1. The topological polar surface area (TPSA) is 125 Å². The van der Waals surface area contributed by atoms with Crippen LogP contribution in [0.15, 0.2) is 54.6 Å². The predicted molar refractivity (Wildman–Crippen MR) is 132 cm³/mol. The van der Waals surface area contributed by atoms with Crippen LogP contribution in [0.25, 0.3) is 0 Å². The Hall–Kier alpha value is -3.39. The van der Waals surface area contributed by atoms with E-state index >= 15 is 0 Å².